The Bertz CT molecular complexity index is 1120. The molecule has 1 saturated heterocycles. The number of allylic oxidation sites excluding steroid dienone is 2. The molecule has 0 spiro atoms. The van der Waals surface area contributed by atoms with Gasteiger partial charge < -0.3 is 9.16 Å². The summed E-state index contributed by atoms with van der Waals surface area (Å²) in [6, 6.07) is 30.4. The molecule has 0 N–H and O–H groups in total. The molecule has 0 aliphatic carbocycles. The maximum atomic E-state index is 7.21. The van der Waals surface area contributed by atoms with Crippen LogP contribution in [0, 0.1) is 0 Å². The summed E-state index contributed by atoms with van der Waals surface area (Å²) in [6.45, 7) is 13.6. The molecule has 1 aliphatic rings. The molecular weight excluding hydrogens is 456 g/mol. The molecule has 4 rings (SSSR count). The second-order valence-corrected chi connectivity index (χ2v) is 16.0. The predicted octanol–water partition coefficient (Wildman–Crippen LogP) is 7.46. The lowest BCUT2D eigenvalue weighted by molar-refractivity contribution is 0.320. The van der Waals surface area contributed by atoms with E-state index in [4.69, 9.17) is 9.16 Å². The Hall–Kier alpha value is -2.62. The van der Waals surface area contributed by atoms with Gasteiger partial charge in [0.2, 0.25) is 0 Å². The van der Waals surface area contributed by atoms with E-state index in [1.807, 2.05) is 0 Å². The van der Waals surface area contributed by atoms with Crippen molar-refractivity contribution in [2.45, 2.75) is 84.0 Å². The summed E-state index contributed by atoms with van der Waals surface area (Å²) < 4.78 is 12.9. The van der Waals surface area contributed by atoms with Crippen molar-refractivity contribution in [3.8, 4) is 5.75 Å². The zero-order valence-electron chi connectivity index (χ0n) is 22.9. The van der Waals surface area contributed by atoms with Crippen LogP contribution in [0.3, 0.4) is 0 Å². The molecule has 0 radical (unpaired) electrons. The molecule has 3 aromatic rings. The first-order valence-electron chi connectivity index (χ1n) is 13.3. The largest absolute Gasteiger partial charge is 0.534 e. The number of hydrogen-bond acceptors (Lipinski definition) is 2. The fourth-order valence-electron chi connectivity index (χ4n) is 5.28. The Kier molecular flexibility index (Phi) is 7.92. The Balaban J connectivity index is 1.53. The highest BCUT2D eigenvalue weighted by Crippen LogP contribution is 2.39. The SMILES string of the molecule is C/C(=C\CCc1cccc(O[Si](c2ccccc2)(c2ccccc2)C(C)(C)C)c1)CCC1OC1(C)C. The van der Waals surface area contributed by atoms with Crippen LogP contribution >= 0.6 is 0 Å². The lowest BCUT2D eigenvalue weighted by Gasteiger charge is -2.43. The van der Waals surface area contributed by atoms with Gasteiger partial charge in [0.1, 0.15) is 5.75 Å². The summed E-state index contributed by atoms with van der Waals surface area (Å²) in [5, 5.41) is 2.55. The highest BCUT2D eigenvalue weighted by Gasteiger charge is 2.52. The normalized spacial score (nSPS) is 17.6. The average molecular weight is 499 g/mol. The minimum atomic E-state index is -2.61. The Morgan fingerprint density at radius 3 is 2.03 bits per heavy atom. The van der Waals surface area contributed by atoms with Gasteiger partial charge in [-0.1, -0.05) is 105 Å². The number of benzene rings is 3. The highest BCUT2D eigenvalue weighted by atomic mass is 28.4. The van der Waals surface area contributed by atoms with Crippen LogP contribution in [0.15, 0.2) is 96.6 Å². The lowest BCUT2D eigenvalue weighted by Crippen LogP contribution is -2.68. The molecule has 1 heterocycles. The van der Waals surface area contributed by atoms with Crippen LogP contribution in [0.1, 0.15) is 66.4 Å². The Morgan fingerprint density at radius 1 is 0.917 bits per heavy atom. The van der Waals surface area contributed by atoms with Crippen molar-refractivity contribution in [3.05, 3.63) is 102 Å². The standard InChI is InChI=1S/C33H42O2Si/c1-26(23-24-31-33(5,6)34-31)15-13-16-27-17-14-18-28(25-27)35-36(32(2,3)4,29-19-9-7-10-20-29)30-21-11-8-12-22-30/h7-12,14-15,17-22,25,31H,13,16,23-24H2,1-6H3/b26-15+. The summed E-state index contributed by atoms with van der Waals surface area (Å²) in [5.41, 5.74) is 2.87. The second kappa shape index (κ2) is 10.8. The van der Waals surface area contributed by atoms with E-state index in [1.54, 1.807) is 0 Å². The van der Waals surface area contributed by atoms with Gasteiger partial charge in [-0.2, -0.15) is 0 Å². The van der Waals surface area contributed by atoms with Crippen molar-refractivity contribution >= 4 is 18.7 Å². The molecule has 1 fully saturated rings. The number of epoxide rings is 1. The van der Waals surface area contributed by atoms with Crippen molar-refractivity contribution in [1.29, 1.82) is 0 Å². The molecule has 0 aromatic heterocycles. The van der Waals surface area contributed by atoms with Gasteiger partial charge >= 0.3 is 8.32 Å². The smallest absolute Gasteiger partial charge is 0.319 e. The van der Waals surface area contributed by atoms with Crippen molar-refractivity contribution in [3.63, 3.8) is 0 Å². The lowest BCUT2D eigenvalue weighted by atomic mass is 10.0. The molecule has 190 valence electrons. The monoisotopic (exact) mass is 498 g/mol. The molecular formula is C33H42O2Si. The summed E-state index contributed by atoms with van der Waals surface area (Å²) in [5.74, 6) is 0.968. The number of aryl methyl sites for hydroxylation is 1. The molecule has 3 aromatic carbocycles. The van der Waals surface area contributed by atoms with Crippen LogP contribution in [0.25, 0.3) is 0 Å². The van der Waals surface area contributed by atoms with Crippen LogP contribution in [0.5, 0.6) is 5.75 Å². The maximum absolute atomic E-state index is 7.21. The van der Waals surface area contributed by atoms with Gasteiger partial charge in [0.25, 0.3) is 0 Å². The van der Waals surface area contributed by atoms with Crippen molar-refractivity contribution in [1.82, 2.24) is 0 Å². The van der Waals surface area contributed by atoms with Gasteiger partial charge in [-0.05, 0) is 79.6 Å². The molecule has 1 atom stereocenters. The summed E-state index contributed by atoms with van der Waals surface area (Å²) >= 11 is 0. The zero-order chi connectivity index (χ0) is 25.8. The maximum Gasteiger partial charge on any atom is 0.319 e. The quantitative estimate of drug-likeness (QED) is 0.164. The van der Waals surface area contributed by atoms with E-state index in [1.165, 1.54) is 21.5 Å². The van der Waals surface area contributed by atoms with Crippen molar-refractivity contribution < 1.29 is 9.16 Å². The van der Waals surface area contributed by atoms with Gasteiger partial charge in [-0.25, -0.2) is 0 Å². The first-order chi connectivity index (χ1) is 17.1. The third kappa shape index (κ3) is 6.02. The summed E-state index contributed by atoms with van der Waals surface area (Å²) in [6.07, 6.45) is 7.12. The Labute approximate surface area is 219 Å². The first-order valence-corrected chi connectivity index (χ1v) is 15.3. The number of ether oxygens (including phenoxy) is 1. The zero-order valence-corrected chi connectivity index (χ0v) is 23.9. The molecule has 0 bridgehead atoms. The Morgan fingerprint density at radius 2 is 1.50 bits per heavy atom. The van der Waals surface area contributed by atoms with Crippen molar-refractivity contribution in [2.75, 3.05) is 0 Å². The summed E-state index contributed by atoms with van der Waals surface area (Å²) in [4.78, 5) is 0. The van der Waals surface area contributed by atoms with Gasteiger partial charge in [0, 0.05) is 0 Å². The number of hydrogen-bond donors (Lipinski definition) is 0. The van der Waals surface area contributed by atoms with E-state index in [0.717, 1.165) is 31.4 Å². The van der Waals surface area contributed by atoms with Gasteiger partial charge in [-0.3, -0.25) is 0 Å². The fourth-order valence-corrected chi connectivity index (χ4v) is 9.69. The summed E-state index contributed by atoms with van der Waals surface area (Å²) in [7, 11) is -2.61. The molecule has 1 unspecified atom stereocenters. The first kappa shape index (κ1) is 26.4. The van der Waals surface area contributed by atoms with Crippen LogP contribution in [-0.2, 0) is 11.2 Å². The van der Waals surface area contributed by atoms with Crippen LogP contribution < -0.4 is 14.8 Å². The molecule has 36 heavy (non-hydrogen) atoms. The molecule has 3 heteroatoms. The second-order valence-electron chi connectivity index (χ2n) is 11.8. The van der Waals surface area contributed by atoms with E-state index in [-0.39, 0.29) is 10.6 Å². The predicted molar refractivity (Wildman–Crippen MR) is 155 cm³/mol. The fraction of sp³-hybridized carbons (Fsp3) is 0.394. The third-order valence-corrected chi connectivity index (χ3v) is 12.4. The van der Waals surface area contributed by atoms with E-state index >= 15 is 0 Å². The topological polar surface area (TPSA) is 21.8 Å². The highest BCUT2D eigenvalue weighted by molar-refractivity contribution is 7.00. The molecule has 0 saturated carbocycles. The van der Waals surface area contributed by atoms with Gasteiger partial charge in [0.15, 0.2) is 0 Å². The van der Waals surface area contributed by atoms with Gasteiger partial charge in [0.05, 0.1) is 11.7 Å². The van der Waals surface area contributed by atoms with Crippen molar-refractivity contribution in [2.24, 2.45) is 0 Å². The van der Waals surface area contributed by atoms with Crippen LogP contribution in [0.2, 0.25) is 5.04 Å². The molecule has 0 amide bonds. The molecule has 2 nitrogen and oxygen atoms in total. The van der Waals surface area contributed by atoms with E-state index in [0.29, 0.717) is 6.10 Å². The van der Waals surface area contributed by atoms with Crippen LogP contribution in [-0.4, -0.2) is 20.0 Å². The van der Waals surface area contributed by atoms with E-state index in [2.05, 4.69) is 133 Å². The van der Waals surface area contributed by atoms with Gasteiger partial charge in [-0.15, -0.1) is 0 Å². The average Bonchev–Trinajstić information content (AvgIpc) is 3.48. The third-order valence-electron chi connectivity index (χ3n) is 7.48. The minimum Gasteiger partial charge on any atom is -0.534 e. The number of rotatable bonds is 10. The minimum absolute atomic E-state index is 0.0502. The van der Waals surface area contributed by atoms with E-state index in [9.17, 15) is 0 Å². The molecule has 1 aliphatic heterocycles. The van der Waals surface area contributed by atoms with Crippen LogP contribution in [0.4, 0.5) is 0 Å². The van der Waals surface area contributed by atoms with E-state index < -0.39 is 8.32 Å².